The van der Waals surface area contributed by atoms with Crippen molar-refractivity contribution in [3.8, 4) is 5.82 Å². The summed E-state index contributed by atoms with van der Waals surface area (Å²) < 4.78 is 7.32. The molecule has 10 heteroatoms. The summed E-state index contributed by atoms with van der Waals surface area (Å²) in [5.41, 5.74) is -0.796. The number of hydrogen-bond donors (Lipinski definition) is 2. The topological polar surface area (TPSA) is 133 Å². The van der Waals surface area contributed by atoms with Gasteiger partial charge in [-0.05, 0) is 39.3 Å². The molecule has 0 fully saturated rings. The first-order chi connectivity index (χ1) is 13.4. The van der Waals surface area contributed by atoms with Crippen LogP contribution in [0.2, 0.25) is 0 Å². The van der Waals surface area contributed by atoms with Crippen molar-refractivity contribution in [2.24, 2.45) is 7.05 Å². The number of pyridine rings is 1. The van der Waals surface area contributed by atoms with E-state index in [0.29, 0.717) is 11.3 Å². The van der Waals surface area contributed by atoms with Gasteiger partial charge in [-0.2, -0.15) is 0 Å². The first kappa shape index (κ1) is 21.9. The van der Waals surface area contributed by atoms with E-state index >= 15 is 0 Å². The second kappa shape index (κ2) is 8.29. The smallest absolute Gasteiger partial charge is 0.408 e. The molecule has 1 unspecified atom stereocenters. The lowest BCUT2D eigenvalue weighted by atomic mass is 10.1. The molecular weight excluding hydrogens is 380 g/mol. The van der Waals surface area contributed by atoms with E-state index in [0.717, 1.165) is 4.57 Å². The molecule has 0 aliphatic heterocycles. The molecule has 1 amide bonds. The molecule has 2 rings (SSSR count). The monoisotopic (exact) mass is 404 g/mol. The highest BCUT2D eigenvalue weighted by Crippen LogP contribution is 2.09. The van der Waals surface area contributed by atoms with E-state index in [1.54, 1.807) is 40.8 Å². The van der Waals surface area contributed by atoms with Crippen molar-refractivity contribution in [3.05, 3.63) is 56.5 Å². The molecule has 2 aromatic heterocycles. The van der Waals surface area contributed by atoms with Crippen LogP contribution >= 0.6 is 0 Å². The number of nitrogens with zero attached hydrogens (tertiary/aromatic N) is 3. The maximum absolute atomic E-state index is 12.3. The molecule has 2 aromatic rings. The third kappa shape index (κ3) is 5.53. The molecule has 29 heavy (non-hydrogen) atoms. The Morgan fingerprint density at radius 3 is 2.45 bits per heavy atom. The summed E-state index contributed by atoms with van der Waals surface area (Å²) in [7, 11) is 1.54. The molecule has 2 heterocycles. The van der Waals surface area contributed by atoms with Crippen LogP contribution in [-0.4, -0.2) is 42.9 Å². The highest BCUT2D eigenvalue weighted by atomic mass is 16.6. The van der Waals surface area contributed by atoms with Crippen LogP contribution in [0, 0.1) is 6.92 Å². The van der Waals surface area contributed by atoms with E-state index in [2.05, 4.69) is 10.3 Å². The van der Waals surface area contributed by atoms with Gasteiger partial charge < -0.3 is 19.7 Å². The van der Waals surface area contributed by atoms with Crippen LogP contribution in [0.5, 0.6) is 0 Å². The Kier molecular flexibility index (Phi) is 6.25. The van der Waals surface area contributed by atoms with E-state index in [4.69, 9.17) is 4.74 Å². The number of rotatable bonds is 5. The summed E-state index contributed by atoms with van der Waals surface area (Å²) in [5.74, 6) is -1.12. The largest absolute Gasteiger partial charge is 0.480 e. The van der Waals surface area contributed by atoms with Crippen molar-refractivity contribution >= 4 is 12.1 Å². The van der Waals surface area contributed by atoms with Crippen molar-refractivity contribution < 1.29 is 19.4 Å². The fourth-order valence-corrected chi connectivity index (χ4v) is 2.50. The molecule has 156 valence electrons. The standard InChI is InChI=1S/C19H24N4O6/c1-11-8-15(24)23(18(28)22(11)5)14-7-6-12(10-20-14)9-13(16(25)26)21-17(27)29-19(2,3)4/h6-8,10,13H,9H2,1-5H3,(H,21,27)(H,25,26). The molecule has 0 radical (unpaired) electrons. The minimum absolute atomic E-state index is 0.0529. The Balaban J connectivity index is 2.23. The second-order valence-electron chi connectivity index (χ2n) is 7.57. The third-order valence-corrected chi connectivity index (χ3v) is 4.03. The van der Waals surface area contributed by atoms with Crippen LogP contribution in [0.3, 0.4) is 0 Å². The van der Waals surface area contributed by atoms with Crippen LogP contribution in [0.15, 0.2) is 34.0 Å². The normalized spacial score (nSPS) is 12.3. The fourth-order valence-electron chi connectivity index (χ4n) is 2.50. The summed E-state index contributed by atoms with van der Waals surface area (Å²) >= 11 is 0. The van der Waals surface area contributed by atoms with Crippen LogP contribution in [0.4, 0.5) is 4.79 Å². The molecule has 10 nitrogen and oxygen atoms in total. The molecule has 2 N–H and O–H groups in total. The number of hydrogen-bond acceptors (Lipinski definition) is 6. The average Bonchev–Trinajstić information content (AvgIpc) is 2.59. The van der Waals surface area contributed by atoms with Crippen molar-refractivity contribution in [3.63, 3.8) is 0 Å². The van der Waals surface area contributed by atoms with Crippen molar-refractivity contribution in [2.75, 3.05) is 0 Å². The maximum atomic E-state index is 12.3. The Labute approximate surface area is 166 Å². The number of aryl methyl sites for hydroxylation is 1. The maximum Gasteiger partial charge on any atom is 0.408 e. The molecule has 0 spiro atoms. The number of amides is 1. The lowest BCUT2D eigenvalue weighted by Crippen LogP contribution is -2.44. The molecular formula is C19H24N4O6. The Hall–Kier alpha value is -3.43. The number of carbonyl (C=O) groups excluding carboxylic acids is 1. The lowest BCUT2D eigenvalue weighted by molar-refractivity contribution is -0.139. The zero-order chi connectivity index (χ0) is 21.9. The van der Waals surface area contributed by atoms with Gasteiger partial charge in [-0.1, -0.05) is 6.07 Å². The van der Waals surface area contributed by atoms with Gasteiger partial charge in [0, 0.05) is 31.4 Å². The van der Waals surface area contributed by atoms with Crippen molar-refractivity contribution in [2.45, 2.75) is 45.8 Å². The number of carboxylic acids is 1. The highest BCUT2D eigenvalue weighted by molar-refractivity contribution is 5.80. The van der Waals surface area contributed by atoms with Crippen molar-refractivity contribution in [1.29, 1.82) is 0 Å². The number of alkyl carbamates (subject to hydrolysis) is 1. The zero-order valence-electron chi connectivity index (χ0n) is 16.9. The van der Waals surface area contributed by atoms with Gasteiger partial charge in [-0.25, -0.2) is 23.9 Å². The average molecular weight is 404 g/mol. The summed E-state index contributed by atoms with van der Waals surface area (Å²) in [6, 6.07) is 3.08. The Morgan fingerprint density at radius 2 is 1.93 bits per heavy atom. The number of ether oxygens (including phenoxy) is 1. The van der Waals surface area contributed by atoms with Gasteiger partial charge in [0.05, 0.1) is 0 Å². The summed E-state index contributed by atoms with van der Waals surface area (Å²) in [4.78, 5) is 51.9. The first-order valence-electron chi connectivity index (χ1n) is 8.86. The van der Waals surface area contributed by atoms with Gasteiger partial charge in [0.25, 0.3) is 5.56 Å². The molecule has 0 saturated carbocycles. The summed E-state index contributed by atoms with van der Waals surface area (Å²) in [6.45, 7) is 6.65. The predicted octanol–water partition coefficient (Wildman–Crippen LogP) is 0.760. The zero-order valence-corrected chi connectivity index (χ0v) is 16.9. The molecule has 0 saturated heterocycles. The van der Waals surface area contributed by atoms with E-state index < -0.39 is 35.0 Å². The SMILES string of the molecule is Cc1cc(=O)n(-c2ccc(CC(NC(=O)OC(C)(C)C)C(=O)O)cn2)c(=O)n1C. The number of carboxylic acid groups (broad SMARTS) is 1. The quantitative estimate of drug-likeness (QED) is 0.752. The summed E-state index contributed by atoms with van der Waals surface area (Å²) in [6.07, 6.45) is 0.459. The number of aliphatic carboxylic acids is 1. The van der Waals surface area contributed by atoms with Crippen molar-refractivity contribution in [1.82, 2.24) is 19.4 Å². The van der Waals surface area contributed by atoms with Crippen LogP contribution in [0.1, 0.15) is 32.0 Å². The third-order valence-electron chi connectivity index (χ3n) is 4.03. The van der Waals surface area contributed by atoms with Gasteiger partial charge in [-0.3, -0.25) is 4.79 Å². The second-order valence-corrected chi connectivity index (χ2v) is 7.57. The summed E-state index contributed by atoms with van der Waals surface area (Å²) in [5, 5.41) is 11.7. The van der Waals surface area contributed by atoms with E-state index in [9.17, 15) is 24.3 Å². The van der Waals surface area contributed by atoms with Crippen LogP contribution in [0.25, 0.3) is 5.82 Å². The van der Waals surface area contributed by atoms with E-state index in [1.807, 2.05) is 0 Å². The number of carbonyl (C=O) groups is 2. The van der Waals surface area contributed by atoms with Crippen LogP contribution in [-0.2, 0) is 23.0 Å². The lowest BCUT2D eigenvalue weighted by Gasteiger charge is -2.22. The molecule has 0 aliphatic carbocycles. The van der Waals surface area contributed by atoms with Gasteiger partial charge in [-0.15, -0.1) is 0 Å². The van der Waals surface area contributed by atoms with Crippen LogP contribution < -0.4 is 16.6 Å². The van der Waals surface area contributed by atoms with E-state index in [-0.39, 0.29) is 12.2 Å². The van der Waals surface area contributed by atoms with Gasteiger partial charge in [0.2, 0.25) is 0 Å². The predicted molar refractivity (Wildman–Crippen MR) is 104 cm³/mol. The Bertz CT molecular complexity index is 1030. The minimum Gasteiger partial charge on any atom is -0.480 e. The number of aromatic nitrogens is 3. The Morgan fingerprint density at radius 1 is 1.28 bits per heavy atom. The molecule has 1 atom stereocenters. The number of nitrogens with one attached hydrogen (secondary N) is 1. The van der Waals surface area contributed by atoms with Gasteiger partial charge >= 0.3 is 17.8 Å². The molecule has 0 aromatic carbocycles. The fraction of sp³-hybridized carbons (Fsp3) is 0.421. The molecule has 0 bridgehead atoms. The van der Waals surface area contributed by atoms with Gasteiger partial charge in [0.15, 0.2) is 0 Å². The minimum atomic E-state index is -1.23. The first-order valence-corrected chi connectivity index (χ1v) is 8.86. The highest BCUT2D eigenvalue weighted by Gasteiger charge is 2.24. The van der Waals surface area contributed by atoms with Gasteiger partial charge in [0.1, 0.15) is 17.5 Å². The van der Waals surface area contributed by atoms with E-state index in [1.165, 1.54) is 22.9 Å². The molecule has 0 aliphatic rings.